The van der Waals surface area contributed by atoms with Crippen LogP contribution in [0.1, 0.15) is 37.3 Å². The second-order valence-electron chi connectivity index (χ2n) is 7.66. The molecule has 8 heteroatoms. The quantitative estimate of drug-likeness (QED) is 0.745. The minimum absolute atomic E-state index is 0. The number of hydrogen-bond donors (Lipinski definition) is 2. The highest BCUT2D eigenvalue weighted by Crippen LogP contribution is 2.40. The van der Waals surface area contributed by atoms with E-state index in [1.165, 1.54) is 18.4 Å². The Bertz CT molecular complexity index is 765. The number of nitrogens with two attached hydrogens (primary N) is 1. The summed E-state index contributed by atoms with van der Waals surface area (Å²) >= 11 is 0. The number of nitrogens with one attached hydrogen (secondary N) is 1. The van der Waals surface area contributed by atoms with E-state index in [4.69, 9.17) is 5.73 Å². The number of carbonyl (C=O) groups is 1. The van der Waals surface area contributed by atoms with Crippen molar-refractivity contribution in [2.75, 3.05) is 25.0 Å². The largest absolute Gasteiger partial charge is 0.326 e. The molecule has 154 valence electrons. The fraction of sp³-hybridized carbons (Fsp3) is 0.500. The predicted octanol–water partition coefficient (Wildman–Crippen LogP) is 3.06. The van der Waals surface area contributed by atoms with Gasteiger partial charge in [-0.25, -0.2) is 4.68 Å². The molecule has 1 saturated heterocycles. The molecule has 2 fully saturated rings. The minimum Gasteiger partial charge on any atom is -0.326 e. The van der Waals surface area contributed by atoms with Crippen molar-refractivity contribution in [1.82, 2.24) is 14.7 Å². The lowest BCUT2D eigenvalue weighted by molar-refractivity contribution is -0.117. The molecule has 1 aliphatic heterocycles. The van der Waals surface area contributed by atoms with Gasteiger partial charge in [-0.15, -0.1) is 24.8 Å². The van der Waals surface area contributed by atoms with Gasteiger partial charge in [0.05, 0.1) is 18.8 Å². The first kappa shape index (κ1) is 22.7. The molecule has 6 nitrogen and oxygen atoms in total. The number of benzene rings is 1. The lowest BCUT2D eigenvalue weighted by Crippen LogP contribution is -2.34. The number of anilines is 1. The number of halogens is 2. The summed E-state index contributed by atoms with van der Waals surface area (Å²) in [6.45, 7) is 4.09. The van der Waals surface area contributed by atoms with Crippen molar-refractivity contribution in [1.29, 1.82) is 0 Å². The molecule has 4 rings (SSSR count). The smallest absolute Gasteiger partial charge is 0.239 e. The molecule has 1 aromatic heterocycles. The van der Waals surface area contributed by atoms with Crippen LogP contribution in [-0.2, 0) is 4.79 Å². The van der Waals surface area contributed by atoms with E-state index in [1.807, 2.05) is 28.9 Å². The SMILES string of the molecule is CC(C1CC1)n1nccc1NC(=O)CN1C[C@@H](N)[C@H](c2ccccc2)C1.Cl.Cl. The van der Waals surface area contributed by atoms with Crippen molar-refractivity contribution in [3.63, 3.8) is 0 Å². The number of carbonyl (C=O) groups excluding carboxylic acids is 1. The fourth-order valence-electron chi connectivity index (χ4n) is 4.00. The molecule has 1 aromatic carbocycles. The average molecular weight is 426 g/mol. The van der Waals surface area contributed by atoms with E-state index in [0.29, 0.717) is 18.5 Å². The maximum Gasteiger partial charge on any atom is 0.239 e. The van der Waals surface area contributed by atoms with E-state index >= 15 is 0 Å². The maximum absolute atomic E-state index is 12.5. The Kier molecular flexibility index (Phi) is 7.89. The molecule has 3 N–H and O–H groups in total. The third-order valence-electron chi connectivity index (χ3n) is 5.66. The molecule has 0 radical (unpaired) electrons. The molecule has 1 aliphatic carbocycles. The predicted molar refractivity (Wildman–Crippen MR) is 116 cm³/mol. The van der Waals surface area contributed by atoms with Crippen LogP contribution >= 0.6 is 24.8 Å². The molecular weight excluding hydrogens is 397 g/mol. The first-order chi connectivity index (χ1) is 12.6. The van der Waals surface area contributed by atoms with Crippen LogP contribution in [0, 0.1) is 5.92 Å². The van der Waals surface area contributed by atoms with Crippen LogP contribution in [0.5, 0.6) is 0 Å². The van der Waals surface area contributed by atoms with Crippen molar-refractivity contribution in [2.45, 2.75) is 37.8 Å². The van der Waals surface area contributed by atoms with E-state index in [2.05, 4.69) is 34.4 Å². The summed E-state index contributed by atoms with van der Waals surface area (Å²) in [7, 11) is 0. The Morgan fingerprint density at radius 1 is 1.21 bits per heavy atom. The van der Waals surface area contributed by atoms with Crippen LogP contribution in [-0.4, -0.2) is 46.3 Å². The normalized spacial score (nSPS) is 22.8. The Balaban J connectivity index is 0.00000140. The van der Waals surface area contributed by atoms with E-state index < -0.39 is 0 Å². The van der Waals surface area contributed by atoms with Gasteiger partial charge in [0.2, 0.25) is 5.91 Å². The number of nitrogens with zero attached hydrogens (tertiary/aromatic N) is 3. The highest BCUT2D eigenvalue weighted by Gasteiger charge is 2.33. The van der Waals surface area contributed by atoms with Crippen LogP contribution in [0.15, 0.2) is 42.6 Å². The molecule has 3 atom stereocenters. The van der Waals surface area contributed by atoms with Gasteiger partial charge in [-0.1, -0.05) is 30.3 Å². The zero-order valence-corrected chi connectivity index (χ0v) is 17.7. The maximum atomic E-state index is 12.5. The van der Waals surface area contributed by atoms with Crippen molar-refractivity contribution in [3.8, 4) is 0 Å². The first-order valence-electron chi connectivity index (χ1n) is 9.48. The van der Waals surface area contributed by atoms with Crippen molar-refractivity contribution >= 4 is 36.5 Å². The summed E-state index contributed by atoms with van der Waals surface area (Å²) in [4.78, 5) is 14.7. The Hall–Kier alpha value is -1.60. The fourth-order valence-corrected chi connectivity index (χ4v) is 4.00. The van der Waals surface area contributed by atoms with Gasteiger partial charge in [0.15, 0.2) is 0 Å². The summed E-state index contributed by atoms with van der Waals surface area (Å²) in [5.41, 5.74) is 7.58. The lowest BCUT2D eigenvalue weighted by atomic mass is 9.95. The molecule has 1 unspecified atom stereocenters. The average Bonchev–Trinajstić information content (AvgIpc) is 3.29. The standard InChI is InChI=1S/C20H27N5O.2ClH/c1-14(15-7-8-15)25-19(9-10-22-25)23-20(26)13-24-11-17(18(21)12-24)16-5-3-2-4-6-16;;/h2-6,9-10,14-15,17-18H,7-8,11-13,21H2,1H3,(H,23,26);2*1H/t14?,17-,18+;;/m0../s1. The van der Waals surface area contributed by atoms with E-state index in [9.17, 15) is 4.79 Å². The number of hydrogen-bond acceptors (Lipinski definition) is 4. The topological polar surface area (TPSA) is 76.2 Å². The monoisotopic (exact) mass is 425 g/mol. The molecular formula is C20H29Cl2N5O. The summed E-state index contributed by atoms with van der Waals surface area (Å²) < 4.78 is 1.94. The zero-order valence-electron chi connectivity index (χ0n) is 16.0. The minimum atomic E-state index is -0.00402. The Labute approximate surface area is 178 Å². The highest BCUT2D eigenvalue weighted by molar-refractivity contribution is 5.91. The molecule has 1 amide bonds. The summed E-state index contributed by atoms with van der Waals surface area (Å²) in [6, 6.07) is 12.6. The van der Waals surface area contributed by atoms with Gasteiger partial charge in [0.25, 0.3) is 0 Å². The molecule has 2 aliphatic rings. The van der Waals surface area contributed by atoms with Gasteiger partial charge in [-0.2, -0.15) is 5.10 Å². The third-order valence-corrected chi connectivity index (χ3v) is 5.66. The zero-order chi connectivity index (χ0) is 18.1. The van der Waals surface area contributed by atoms with Gasteiger partial charge in [0.1, 0.15) is 5.82 Å². The number of rotatable bonds is 6. The van der Waals surface area contributed by atoms with Gasteiger partial charge in [-0.05, 0) is 31.2 Å². The summed E-state index contributed by atoms with van der Waals surface area (Å²) in [5, 5.41) is 7.42. The van der Waals surface area contributed by atoms with E-state index in [-0.39, 0.29) is 42.7 Å². The lowest BCUT2D eigenvalue weighted by Gasteiger charge is -2.18. The van der Waals surface area contributed by atoms with Crippen molar-refractivity contribution in [3.05, 3.63) is 48.2 Å². The second kappa shape index (κ2) is 9.74. The molecule has 2 aromatic rings. The second-order valence-corrected chi connectivity index (χ2v) is 7.66. The number of likely N-dealkylation sites (tertiary alicyclic amines) is 1. The first-order valence-corrected chi connectivity index (χ1v) is 9.48. The van der Waals surface area contributed by atoms with Crippen molar-refractivity contribution in [2.24, 2.45) is 11.7 Å². The van der Waals surface area contributed by atoms with Crippen LogP contribution in [0.4, 0.5) is 5.82 Å². The third kappa shape index (κ3) is 5.06. The molecule has 2 heterocycles. The highest BCUT2D eigenvalue weighted by atomic mass is 35.5. The van der Waals surface area contributed by atoms with Gasteiger partial charge >= 0.3 is 0 Å². The molecule has 0 bridgehead atoms. The van der Waals surface area contributed by atoms with Crippen LogP contribution in [0.3, 0.4) is 0 Å². The van der Waals surface area contributed by atoms with Crippen LogP contribution in [0.2, 0.25) is 0 Å². The summed E-state index contributed by atoms with van der Waals surface area (Å²) in [5.74, 6) is 1.76. The Morgan fingerprint density at radius 2 is 1.93 bits per heavy atom. The van der Waals surface area contributed by atoms with Gasteiger partial charge < -0.3 is 11.1 Å². The van der Waals surface area contributed by atoms with Crippen molar-refractivity contribution < 1.29 is 4.79 Å². The van der Waals surface area contributed by atoms with Gasteiger partial charge in [-0.3, -0.25) is 9.69 Å². The van der Waals surface area contributed by atoms with Gasteiger partial charge in [0, 0.05) is 31.1 Å². The van der Waals surface area contributed by atoms with Crippen LogP contribution in [0.25, 0.3) is 0 Å². The summed E-state index contributed by atoms with van der Waals surface area (Å²) in [6.07, 6.45) is 4.26. The van der Waals surface area contributed by atoms with E-state index in [0.717, 1.165) is 18.9 Å². The number of aromatic nitrogens is 2. The van der Waals surface area contributed by atoms with Crippen LogP contribution < -0.4 is 11.1 Å². The van der Waals surface area contributed by atoms with E-state index in [1.54, 1.807) is 6.20 Å². The number of amides is 1. The molecule has 1 saturated carbocycles. The molecule has 28 heavy (non-hydrogen) atoms. The Morgan fingerprint density at radius 3 is 2.61 bits per heavy atom. The molecule has 0 spiro atoms.